The Morgan fingerprint density at radius 2 is 2.23 bits per heavy atom. The Morgan fingerprint density at radius 3 is 2.77 bits per heavy atom. The molecule has 1 N–H and O–H groups in total. The van der Waals surface area contributed by atoms with Gasteiger partial charge in [0.1, 0.15) is 6.54 Å². The summed E-state index contributed by atoms with van der Waals surface area (Å²) in [7, 11) is 0. The van der Waals surface area contributed by atoms with Crippen molar-refractivity contribution >= 4 is 34.5 Å². The number of halogens is 1. The van der Waals surface area contributed by atoms with Crippen molar-refractivity contribution in [3.8, 4) is 9.85 Å². The van der Waals surface area contributed by atoms with Crippen LogP contribution in [0.2, 0.25) is 0 Å². The van der Waals surface area contributed by atoms with Gasteiger partial charge in [0.25, 0.3) is 0 Å². The summed E-state index contributed by atoms with van der Waals surface area (Å²) in [5, 5.41) is 2.40. The van der Waals surface area contributed by atoms with Crippen LogP contribution in [0, 0.1) is 9.85 Å². The second-order valence-corrected chi connectivity index (χ2v) is 2.60. The van der Waals surface area contributed by atoms with Crippen molar-refractivity contribution in [2.24, 2.45) is 0 Å². The third-order valence-corrected chi connectivity index (χ3v) is 1.50. The number of carbonyl (C=O) groups excluding carboxylic acids is 2. The van der Waals surface area contributed by atoms with Gasteiger partial charge < -0.3 is 10.1 Å². The highest BCUT2D eigenvalue weighted by molar-refractivity contribution is 14.1. The lowest BCUT2D eigenvalue weighted by Gasteiger charge is -2.01. The SMILES string of the molecule is CCC(=O)NCC(=O)OCC#CI. The van der Waals surface area contributed by atoms with Gasteiger partial charge in [-0.3, -0.25) is 9.59 Å². The molecule has 0 radical (unpaired) electrons. The van der Waals surface area contributed by atoms with E-state index < -0.39 is 5.97 Å². The van der Waals surface area contributed by atoms with E-state index in [9.17, 15) is 9.59 Å². The number of hydrogen-bond donors (Lipinski definition) is 1. The smallest absolute Gasteiger partial charge is 0.326 e. The minimum Gasteiger partial charge on any atom is -0.451 e. The van der Waals surface area contributed by atoms with Crippen molar-refractivity contribution in [3.63, 3.8) is 0 Å². The first kappa shape index (κ1) is 12.2. The summed E-state index contributed by atoms with van der Waals surface area (Å²) in [6.45, 7) is 1.70. The zero-order valence-electron chi connectivity index (χ0n) is 7.22. The summed E-state index contributed by atoms with van der Waals surface area (Å²) in [4.78, 5) is 21.5. The number of rotatable bonds is 4. The van der Waals surface area contributed by atoms with E-state index in [0.29, 0.717) is 6.42 Å². The van der Waals surface area contributed by atoms with E-state index in [4.69, 9.17) is 0 Å². The Morgan fingerprint density at radius 1 is 1.54 bits per heavy atom. The van der Waals surface area contributed by atoms with Gasteiger partial charge in [-0.15, -0.1) is 0 Å². The molecule has 0 aliphatic rings. The third-order valence-electron chi connectivity index (χ3n) is 1.12. The molecule has 0 aromatic heterocycles. The van der Waals surface area contributed by atoms with Crippen LogP contribution in [0.25, 0.3) is 0 Å². The van der Waals surface area contributed by atoms with Gasteiger partial charge in [-0.1, -0.05) is 12.8 Å². The third kappa shape index (κ3) is 7.59. The van der Waals surface area contributed by atoms with E-state index in [1.54, 1.807) is 6.92 Å². The van der Waals surface area contributed by atoms with Crippen LogP contribution >= 0.6 is 22.6 Å². The fourth-order valence-corrected chi connectivity index (χ4v) is 0.646. The summed E-state index contributed by atoms with van der Waals surface area (Å²) in [6.07, 6.45) is 0.362. The predicted octanol–water partition coefficient (Wildman–Crippen LogP) is 0.452. The number of ether oxygens (including phenoxy) is 1. The molecule has 13 heavy (non-hydrogen) atoms. The Labute approximate surface area is 90.5 Å². The average Bonchev–Trinajstić information content (AvgIpc) is 2.14. The van der Waals surface area contributed by atoms with E-state index in [0.717, 1.165) is 0 Å². The van der Waals surface area contributed by atoms with E-state index >= 15 is 0 Å². The Balaban J connectivity index is 3.49. The molecule has 0 bridgehead atoms. The first-order valence-corrected chi connectivity index (χ1v) is 4.79. The van der Waals surface area contributed by atoms with E-state index in [2.05, 4.69) is 19.9 Å². The van der Waals surface area contributed by atoms with Gasteiger partial charge in [-0.05, 0) is 3.93 Å². The van der Waals surface area contributed by atoms with Gasteiger partial charge >= 0.3 is 5.97 Å². The van der Waals surface area contributed by atoms with Crippen LogP contribution in [0.1, 0.15) is 13.3 Å². The van der Waals surface area contributed by atoms with Crippen LogP contribution in [0.15, 0.2) is 0 Å². The molecule has 0 fully saturated rings. The molecule has 5 heteroatoms. The van der Waals surface area contributed by atoms with E-state index in [-0.39, 0.29) is 19.1 Å². The van der Waals surface area contributed by atoms with Crippen LogP contribution in [0.4, 0.5) is 0 Å². The summed E-state index contributed by atoms with van der Waals surface area (Å²) >= 11 is 1.85. The molecule has 0 unspecified atom stereocenters. The Kier molecular flexibility index (Phi) is 7.39. The molecule has 0 aliphatic heterocycles. The van der Waals surface area contributed by atoms with Gasteiger partial charge in [0.05, 0.1) is 0 Å². The summed E-state index contributed by atoms with van der Waals surface area (Å²) in [5.74, 6) is 1.92. The fraction of sp³-hybridized carbons (Fsp3) is 0.500. The number of amides is 1. The molecule has 0 aliphatic carbocycles. The molecular weight excluding hydrogens is 285 g/mol. The highest BCUT2D eigenvalue weighted by atomic mass is 127. The van der Waals surface area contributed by atoms with Crippen LogP contribution in [0.5, 0.6) is 0 Å². The van der Waals surface area contributed by atoms with Crippen LogP contribution < -0.4 is 5.32 Å². The normalized spacial score (nSPS) is 8.15. The molecule has 1 amide bonds. The zero-order valence-corrected chi connectivity index (χ0v) is 9.38. The Bertz CT molecular complexity index is 242. The van der Waals surface area contributed by atoms with Crippen molar-refractivity contribution in [2.45, 2.75) is 13.3 Å². The molecular formula is C8H10INO3. The van der Waals surface area contributed by atoms with E-state index in [1.165, 1.54) is 0 Å². The monoisotopic (exact) mass is 295 g/mol. The van der Waals surface area contributed by atoms with Gasteiger partial charge in [-0.25, -0.2) is 0 Å². The molecule has 0 heterocycles. The fourth-order valence-electron chi connectivity index (χ4n) is 0.491. The summed E-state index contributed by atoms with van der Waals surface area (Å²) in [5.41, 5.74) is 0. The van der Waals surface area contributed by atoms with E-state index in [1.807, 2.05) is 22.6 Å². The first-order valence-electron chi connectivity index (χ1n) is 3.71. The van der Waals surface area contributed by atoms with Gasteiger partial charge in [0, 0.05) is 29.0 Å². The molecule has 4 nitrogen and oxygen atoms in total. The van der Waals surface area contributed by atoms with Crippen molar-refractivity contribution in [2.75, 3.05) is 13.2 Å². The number of esters is 1. The molecule has 0 rings (SSSR count). The number of carbonyl (C=O) groups is 2. The van der Waals surface area contributed by atoms with Gasteiger partial charge in [-0.2, -0.15) is 0 Å². The van der Waals surface area contributed by atoms with Crippen molar-refractivity contribution < 1.29 is 14.3 Å². The highest BCUT2D eigenvalue weighted by Crippen LogP contribution is 1.79. The van der Waals surface area contributed by atoms with Crippen molar-refractivity contribution in [3.05, 3.63) is 0 Å². The largest absolute Gasteiger partial charge is 0.451 e. The molecule has 0 saturated carbocycles. The maximum absolute atomic E-state index is 10.8. The van der Waals surface area contributed by atoms with Crippen molar-refractivity contribution in [1.82, 2.24) is 5.32 Å². The van der Waals surface area contributed by atoms with Gasteiger partial charge in [0.2, 0.25) is 5.91 Å². The van der Waals surface area contributed by atoms with Crippen LogP contribution in [-0.4, -0.2) is 25.0 Å². The standard InChI is InChI=1S/C8H10INO3/c1-2-7(11)10-6-8(12)13-5-3-4-9/h2,5-6H2,1H3,(H,10,11). The van der Waals surface area contributed by atoms with Crippen molar-refractivity contribution in [1.29, 1.82) is 0 Å². The second-order valence-electron chi connectivity index (χ2n) is 2.06. The average molecular weight is 295 g/mol. The van der Waals surface area contributed by atoms with Crippen LogP contribution in [-0.2, 0) is 14.3 Å². The Hall–Kier alpha value is -0.770. The summed E-state index contributed by atoms with van der Waals surface area (Å²) < 4.78 is 7.20. The molecule has 0 aromatic rings. The second kappa shape index (κ2) is 7.86. The zero-order chi connectivity index (χ0) is 10.1. The molecule has 0 atom stereocenters. The number of hydrogen-bond acceptors (Lipinski definition) is 3. The minimum absolute atomic E-state index is 0.0732. The molecule has 0 saturated heterocycles. The molecule has 0 spiro atoms. The quantitative estimate of drug-likeness (QED) is 0.465. The lowest BCUT2D eigenvalue weighted by atomic mass is 10.4. The highest BCUT2D eigenvalue weighted by Gasteiger charge is 2.03. The lowest BCUT2D eigenvalue weighted by Crippen LogP contribution is -2.29. The van der Waals surface area contributed by atoms with Gasteiger partial charge in [0.15, 0.2) is 6.61 Å². The maximum Gasteiger partial charge on any atom is 0.326 e. The lowest BCUT2D eigenvalue weighted by molar-refractivity contribution is -0.142. The summed E-state index contributed by atoms with van der Waals surface area (Å²) in [6, 6.07) is 0. The maximum atomic E-state index is 10.8. The molecule has 72 valence electrons. The topological polar surface area (TPSA) is 55.4 Å². The number of nitrogens with one attached hydrogen (secondary N) is 1. The minimum atomic E-state index is -0.471. The van der Waals surface area contributed by atoms with Crippen LogP contribution in [0.3, 0.4) is 0 Å². The molecule has 0 aromatic carbocycles. The first-order chi connectivity index (χ1) is 6.20. The predicted molar refractivity (Wildman–Crippen MR) is 56.1 cm³/mol.